The van der Waals surface area contributed by atoms with Crippen molar-refractivity contribution in [2.24, 2.45) is 0 Å². The molecule has 0 spiro atoms. The minimum Gasteiger partial charge on any atom is -0.476 e. The monoisotopic (exact) mass is 386 g/mol. The lowest BCUT2D eigenvalue weighted by atomic mass is 10.1. The number of carboxylic acids is 1. The molecule has 4 nitrogen and oxygen atoms in total. The Morgan fingerprint density at radius 1 is 1.21 bits per heavy atom. The van der Waals surface area contributed by atoms with Gasteiger partial charge in [-0.2, -0.15) is 0 Å². The molecular weight excluding hydrogens is 371 g/mol. The molecule has 0 saturated heterocycles. The molecule has 0 aliphatic carbocycles. The highest BCUT2D eigenvalue weighted by Crippen LogP contribution is 2.34. The number of aromatic nitrogens is 1. The summed E-state index contributed by atoms with van der Waals surface area (Å²) in [4.78, 5) is 15.6. The van der Waals surface area contributed by atoms with Gasteiger partial charge in [0.25, 0.3) is 0 Å². The lowest BCUT2D eigenvalue weighted by Gasteiger charge is -2.13. The van der Waals surface area contributed by atoms with Crippen LogP contribution < -0.4 is 5.32 Å². The van der Waals surface area contributed by atoms with Crippen LogP contribution in [0.3, 0.4) is 0 Å². The Bertz CT molecular complexity index is 751. The van der Waals surface area contributed by atoms with E-state index in [1.165, 1.54) is 0 Å². The summed E-state index contributed by atoms with van der Waals surface area (Å²) in [5.74, 6) is -1.19. The maximum absolute atomic E-state index is 11.4. The number of carboxylic acid groups (broad SMARTS) is 1. The molecule has 0 radical (unpaired) electrons. The van der Waals surface area contributed by atoms with Gasteiger partial charge in [-0.05, 0) is 30.7 Å². The fourth-order valence-corrected chi connectivity index (χ4v) is 2.98. The number of rotatable bonds is 7. The second-order valence-electron chi connectivity index (χ2n) is 5.28. The van der Waals surface area contributed by atoms with Crippen LogP contribution in [-0.4, -0.2) is 22.6 Å². The van der Waals surface area contributed by atoms with Gasteiger partial charge in [0.15, 0.2) is 5.69 Å². The number of pyridine rings is 1. The Kier molecular flexibility index (Phi) is 6.72. The van der Waals surface area contributed by atoms with Crippen LogP contribution in [0.4, 0.5) is 5.69 Å². The quantitative estimate of drug-likeness (QED) is 0.571. The molecule has 0 unspecified atom stereocenters. The first-order chi connectivity index (χ1) is 11.4. The molecule has 0 saturated carbocycles. The highest BCUT2D eigenvalue weighted by molar-refractivity contribution is 6.37. The average Bonchev–Trinajstić information content (AvgIpc) is 2.53. The third kappa shape index (κ3) is 4.53. The third-order valence-electron chi connectivity index (χ3n) is 3.46. The van der Waals surface area contributed by atoms with E-state index in [1.807, 2.05) is 0 Å². The maximum atomic E-state index is 11.4. The Labute approximate surface area is 155 Å². The molecule has 0 bridgehead atoms. The van der Waals surface area contributed by atoms with E-state index in [9.17, 15) is 9.90 Å². The zero-order valence-electron chi connectivity index (χ0n) is 13.1. The van der Waals surface area contributed by atoms with Gasteiger partial charge in [-0.15, -0.1) is 0 Å². The zero-order valence-corrected chi connectivity index (χ0v) is 15.3. The average molecular weight is 388 g/mol. The summed E-state index contributed by atoms with van der Waals surface area (Å²) < 4.78 is 0. The van der Waals surface area contributed by atoms with E-state index in [4.69, 9.17) is 34.8 Å². The van der Waals surface area contributed by atoms with Gasteiger partial charge < -0.3 is 10.4 Å². The number of hydrogen-bond acceptors (Lipinski definition) is 3. The van der Waals surface area contributed by atoms with Crippen molar-refractivity contribution in [2.75, 3.05) is 11.9 Å². The van der Waals surface area contributed by atoms with Gasteiger partial charge in [-0.3, -0.25) is 0 Å². The second kappa shape index (κ2) is 8.56. The molecule has 1 heterocycles. The van der Waals surface area contributed by atoms with Gasteiger partial charge in [0.2, 0.25) is 0 Å². The van der Waals surface area contributed by atoms with Crippen molar-refractivity contribution in [1.82, 2.24) is 4.98 Å². The van der Waals surface area contributed by atoms with Crippen LogP contribution in [0.1, 0.15) is 36.7 Å². The molecule has 0 amide bonds. The Balaban J connectivity index is 2.44. The number of carbonyl (C=O) groups is 1. The number of hydrogen-bond donors (Lipinski definition) is 2. The van der Waals surface area contributed by atoms with Crippen LogP contribution >= 0.6 is 34.8 Å². The Morgan fingerprint density at radius 2 is 1.96 bits per heavy atom. The van der Waals surface area contributed by atoms with Gasteiger partial charge in [0.05, 0.1) is 21.4 Å². The minimum atomic E-state index is -1.19. The molecule has 2 rings (SSSR count). The molecule has 0 aliphatic rings. The first-order valence-electron chi connectivity index (χ1n) is 7.57. The van der Waals surface area contributed by atoms with Crippen molar-refractivity contribution in [3.8, 4) is 11.3 Å². The van der Waals surface area contributed by atoms with Crippen LogP contribution in [0.2, 0.25) is 15.1 Å². The zero-order chi connectivity index (χ0) is 17.7. The number of nitrogens with zero attached hydrogens (tertiary/aromatic N) is 1. The fourth-order valence-electron chi connectivity index (χ4n) is 2.23. The van der Waals surface area contributed by atoms with Gasteiger partial charge in [0.1, 0.15) is 0 Å². The highest BCUT2D eigenvalue weighted by atomic mass is 35.5. The number of nitrogens with one attached hydrogen (secondary N) is 1. The van der Waals surface area contributed by atoms with E-state index in [-0.39, 0.29) is 10.7 Å². The summed E-state index contributed by atoms with van der Waals surface area (Å²) in [5.41, 5.74) is 1.34. The molecule has 7 heteroatoms. The van der Waals surface area contributed by atoms with Crippen LogP contribution in [-0.2, 0) is 0 Å². The largest absolute Gasteiger partial charge is 0.476 e. The molecule has 1 aromatic heterocycles. The first-order valence-corrected chi connectivity index (χ1v) is 8.70. The SMILES string of the molecule is CCCCCNc1cc(-c2ccc(Cl)cc2Cl)nc(C(=O)O)c1Cl. The van der Waals surface area contributed by atoms with Crippen molar-refractivity contribution >= 4 is 46.5 Å². The van der Waals surface area contributed by atoms with Crippen molar-refractivity contribution in [1.29, 1.82) is 0 Å². The highest BCUT2D eigenvalue weighted by Gasteiger charge is 2.18. The molecule has 1 aromatic carbocycles. The molecule has 24 heavy (non-hydrogen) atoms. The van der Waals surface area contributed by atoms with Gasteiger partial charge >= 0.3 is 5.97 Å². The van der Waals surface area contributed by atoms with Crippen LogP contribution in [0.15, 0.2) is 24.3 Å². The Hall–Kier alpha value is -1.49. The number of anilines is 1. The molecule has 0 fully saturated rings. The summed E-state index contributed by atoms with van der Waals surface area (Å²) in [6, 6.07) is 6.67. The predicted octanol–water partition coefficient (Wildman–Crippen LogP) is 6.01. The second-order valence-corrected chi connectivity index (χ2v) is 6.50. The van der Waals surface area contributed by atoms with Crippen LogP contribution in [0.25, 0.3) is 11.3 Å². The predicted molar refractivity (Wildman–Crippen MR) is 99.7 cm³/mol. The number of benzene rings is 1. The van der Waals surface area contributed by atoms with E-state index in [2.05, 4.69) is 17.2 Å². The summed E-state index contributed by atoms with van der Waals surface area (Å²) >= 11 is 18.3. The number of aromatic carboxylic acids is 1. The van der Waals surface area contributed by atoms with Gasteiger partial charge in [-0.1, -0.05) is 54.6 Å². The van der Waals surface area contributed by atoms with E-state index in [0.717, 1.165) is 19.3 Å². The summed E-state index contributed by atoms with van der Waals surface area (Å²) in [7, 11) is 0. The lowest BCUT2D eigenvalue weighted by molar-refractivity contribution is 0.0691. The van der Waals surface area contributed by atoms with Crippen molar-refractivity contribution in [2.45, 2.75) is 26.2 Å². The standard InChI is InChI=1S/C17H17Cl3N2O2/c1-2-3-4-7-21-14-9-13(22-16(15(14)20)17(23)24)11-6-5-10(18)8-12(11)19/h5-6,8-9H,2-4,7H2,1H3,(H,21,22)(H,23,24). The first kappa shape index (κ1) is 18.8. The van der Waals surface area contributed by atoms with Crippen molar-refractivity contribution in [3.05, 3.63) is 45.0 Å². The van der Waals surface area contributed by atoms with E-state index >= 15 is 0 Å². The summed E-state index contributed by atoms with van der Waals surface area (Å²) in [5, 5.41) is 13.5. The molecule has 0 aliphatic heterocycles. The maximum Gasteiger partial charge on any atom is 0.356 e. The topological polar surface area (TPSA) is 62.2 Å². The van der Waals surface area contributed by atoms with Crippen LogP contribution in [0.5, 0.6) is 0 Å². The smallest absolute Gasteiger partial charge is 0.356 e. The molecule has 0 atom stereocenters. The number of halogens is 3. The van der Waals surface area contributed by atoms with Crippen molar-refractivity contribution in [3.63, 3.8) is 0 Å². The fraction of sp³-hybridized carbons (Fsp3) is 0.294. The van der Waals surface area contributed by atoms with E-state index in [1.54, 1.807) is 24.3 Å². The van der Waals surface area contributed by atoms with Gasteiger partial charge in [-0.25, -0.2) is 9.78 Å². The number of unbranched alkanes of at least 4 members (excludes halogenated alkanes) is 2. The third-order valence-corrected chi connectivity index (χ3v) is 4.39. The summed E-state index contributed by atoms with van der Waals surface area (Å²) in [6.45, 7) is 2.81. The van der Waals surface area contributed by atoms with E-state index < -0.39 is 5.97 Å². The molecular formula is C17H17Cl3N2O2. The molecule has 128 valence electrons. The summed E-state index contributed by atoms with van der Waals surface area (Å²) in [6.07, 6.45) is 3.14. The Morgan fingerprint density at radius 3 is 2.58 bits per heavy atom. The van der Waals surface area contributed by atoms with Crippen LogP contribution in [0, 0.1) is 0 Å². The normalized spacial score (nSPS) is 10.7. The minimum absolute atomic E-state index is 0.0906. The molecule has 2 N–H and O–H groups in total. The van der Waals surface area contributed by atoms with E-state index in [0.29, 0.717) is 33.5 Å². The van der Waals surface area contributed by atoms with Gasteiger partial charge in [0, 0.05) is 17.1 Å². The van der Waals surface area contributed by atoms with Crippen molar-refractivity contribution < 1.29 is 9.90 Å². The lowest BCUT2D eigenvalue weighted by Crippen LogP contribution is -2.08. The molecule has 2 aromatic rings.